The molecule has 3 aliphatic rings. The van der Waals surface area contributed by atoms with Crippen LogP contribution in [0.15, 0.2) is 22.7 Å². The van der Waals surface area contributed by atoms with Crippen molar-refractivity contribution in [2.24, 2.45) is 0 Å². The largest absolute Gasteiger partial charge is 0.417 e. The Morgan fingerprint density at radius 2 is 2.00 bits per heavy atom. The lowest BCUT2D eigenvalue weighted by molar-refractivity contribution is -0.291. The topological polar surface area (TPSA) is 69.6 Å². The zero-order valence-corrected chi connectivity index (χ0v) is 15.9. The molecule has 0 unspecified atom stereocenters. The van der Waals surface area contributed by atoms with Crippen molar-refractivity contribution < 1.29 is 27.9 Å². The van der Waals surface area contributed by atoms with Crippen LogP contribution in [0.5, 0.6) is 0 Å². The minimum atomic E-state index is -4.70. The summed E-state index contributed by atoms with van der Waals surface area (Å²) in [7, 11) is 0. The van der Waals surface area contributed by atoms with E-state index in [9.17, 15) is 27.9 Å². The fourth-order valence-corrected chi connectivity index (χ4v) is 4.44. The molecule has 0 atom stereocenters. The van der Waals surface area contributed by atoms with E-state index in [2.05, 4.69) is 21.2 Å². The first-order chi connectivity index (χ1) is 12.5. The number of hydrogen-bond donors (Lipinski definition) is 2. The van der Waals surface area contributed by atoms with E-state index in [0.29, 0.717) is 12.1 Å². The first-order valence-corrected chi connectivity index (χ1v) is 9.50. The summed E-state index contributed by atoms with van der Waals surface area (Å²) in [5, 5.41) is 11.9. The Morgan fingerprint density at radius 3 is 2.59 bits per heavy atom. The number of hydrogen-bond acceptors (Lipinski definition) is 3. The Labute approximate surface area is 162 Å². The number of benzene rings is 1. The van der Waals surface area contributed by atoms with Gasteiger partial charge in [-0.15, -0.1) is 0 Å². The van der Waals surface area contributed by atoms with Crippen molar-refractivity contribution in [1.82, 2.24) is 10.2 Å². The molecule has 27 heavy (non-hydrogen) atoms. The normalized spacial score (nSPS) is 28.6. The zero-order chi connectivity index (χ0) is 19.6. The summed E-state index contributed by atoms with van der Waals surface area (Å²) >= 11 is 3.42. The third-order valence-electron chi connectivity index (χ3n) is 5.81. The molecule has 1 aliphatic heterocycles. The number of fused-ring (bicyclic) bond motifs is 2. The lowest BCUT2D eigenvalue weighted by atomic mass is 9.75. The molecule has 146 valence electrons. The van der Waals surface area contributed by atoms with Crippen LogP contribution in [0.4, 0.5) is 13.2 Å². The molecule has 0 saturated heterocycles. The molecular weight excluding hydrogens is 429 g/mol. The van der Waals surface area contributed by atoms with Crippen molar-refractivity contribution in [2.45, 2.75) is 48.9 Å². The molecule has 2 aliphatic carbocycles. The fraction of sp³-hybridized carbons (Fsp3) is 0.556. The molecule has 2 amide bonds. The molecule has 5 nitrogen and oxygen atoms in total. The molecular formula is C18H18BrF3N2O3. The molecule has 1 heterocycles. The zero-order valence-electron chi connectivity index (χ0n) is 14.3. The van der Waals surface area contributed by atoms with E-state index in [1.807, 2.05) is 6.07 Å². The first-order valence-electron chi connectivity index (χ1n) is 8.71. The number of carbonyl (C=O) groups is 2. The highest BCUT2D eigenvalue weighted by Gasteiger charge is 2.61. The number of aliphatic hydroxyl groups is 1. The van der Waals surface area contributed by atoms with Gasteiger partial charge in [-0.1, -0.05) is 15.9 Å². The molecule has 0 bridgehead atoms. The van der Waals surface area contributed by atoms with Gasteiger partial charge in [-0.05, 0) is 36.6 Å². The van der Waals surface area contributed by atoms with Gasteiger partial charge in [-0.3, -0.25) is 9.59 Å². The van der Waals surface area contributed by atoms with E-state index in [4.69, 9.17) is 0 Å². The first kappa shape index (κ1) is 18.7. The number of rotatable bonds is 3. The van der Waals surface area contributed by atoms with Crippen molar-refractivity contribution in [3.63, 3.8) is 0 Å². The maximum atomic E-state index is 12.7. The summed E-state index contributed by atoms with van der Waals surface area (Å²) in [6, 6.07) is 4.73. The standard InChI is InChI=1S/C18H18BrF3N2O3/c19-10-1-2-12-13(5-10)16(3-4-16)9-24(15(12)26)8-14(25)23-11-6-17(27,7-11)18(20,21)22/h1-2,5,11,27H,3-4,6-9H2,(H,23,25)/t11-,17-. The van der Waals surface area contributed by atoms with E-state index in [1.54, 1.807) is 12.1 Å². The highest BCUT2D eigenvalue weighted by molar-refractivity contribution is 9.10. The van der Waals surface area contributed by atoms with Crippen molar-refractivity contribution >= 4 is 27.7 Å². The van der Waals surface area contributed by atoms with Gasteiger partial charge in [0.2, 0.25) is 5.91 Å². The third-order valence-corrected chi connectivity index (χ3v) is 6.31. The minimum absolute atomic E-state index is 0.125. The van der Waals surface area contributed by atoms with Crippen LogP contribution in [-0.2, 0) is 10.2 Å². The van der Waals surface area contributed by atoms with E-state index in [0.717, 1.165) is 22.9 Å². The van der Waals surface area contributed by atoms with Gasteiger partial charge in [0.25, 0.3) is 5.91 Å². The molecule has 1 aromatic carbocycles. The van der Waals surface area contributed by atoms with Gasteiger partial charge in [-0.2, -0.15) is 13.2 Å². The molecule has 4 rings (SSSR count). The Balaban J connectivity index is 1.40. The van der Waals surface area contributed by atoms with E-state index in [1.165, 1.54) is 4.90 Å². The Bertz CT molecular complexity index is 817. The Hall–Kier alpha value is -1.61. The third kappa shape index (κ3) is 3.14. The lowest BCUT2D eigenvalue weighted by Crippen LogP contribution is -2.63. The summed E-state index contributed by atoms with van der Waals surface area (Å²) in [6.45, 7) is 0.233. The van der Waals surface area contributed by atoms with Gasteiger partial charge < -0.3 is 15.3 Å². The fourth-order valence-electron chi connectivity index (χ4n) is 4.08. The average molecular weight is 447 g/mol. The second-order valence-electron chi connectivity index (χ2n) is 7.83. The molecule has 9 heteroatoms. The molecule has 0 aromatic heterocycles. The van der Waals surface area contributed by atoms with Crippen LogP contribution in [0.25, 0.3) is 0 Å². The highest BCUT2D eigenvalue weighted by Crippen LogP contribution is 2.52. The van der Waals surface area contributed by atoms with Gasteiger partial charge >= 0.3 is 6.18 Å². The molecule has 1 aromatic rings. The van der Waals surface area contributed by atoms with Crippen molar-refractivity contribution in [3.05, 3.63) is 33.8 Å². The van der Waals surface area contributed by atoms with Gasteiger partial charge in [0.15, 0.2) is 5.60 Å². The summed E-state index contributed by atoms with van der Waals surface area (Å²) in [5.41, 5.74) is -1.28. The van der Waals surface area contributed by atoms with Crippen LogP contribution >= 0.6 is 15.9 Å². The summed E-state index contributed by atoms with van der Waals surface area (Å²) in [5.74, 6) is -0.750. The van der Waals surface area contributed by atoms with Gasteiger partial charge in [0.05, 0.1) is 6.54 Å². The molecule has 1 spiro atoms. The number of halogens is 4. The monoisotopic (exact) mass is 446 g/mol. The molecule has 2 fully saturated rings. The maximum Gasteiger partial charge on any atom is 0.417 e. The molecule has 2 saturated carbocycles. The van der Waals surface area contributed by atoms with Gasteiger partial charge in [0.1, 0.15) is 0 Å². The van der Waals surface area contributed by atoms with Gasteiger partial charge in [-0.25, -0.2) is 0 Å². The average Bonchev–Trinajstić information content (AvgIpc) is 3.30. The predicted octanol–water partition coefficient (Wildman–Crippen LogP) is 2.51. The van der Waals surface area contributed by atoms with Crippen LogP contribution in [0.2, 0.25) is 0 Å². The number of carbonyl (C=O) groups excluding carboxylic acids is 2. The van der Waals surface area contributed by atoms with Crippen LogP contribution in [-0.4, -0.2) is 52.7 Å². The van der Waals surface area contributed by atoms with Crippen LogP contribution in [0.3, 0.4) is 0 Å². The van der Waals surface area contributed by atoms with Crippen molar-refractivity contribution in [3.8, 4) is 0 Å². The van der Waals surface area contributed by atoms with Crippen molar-refractivity contribution in [2.75, 3.05) is 13.1 Å². The van der Waals surface area contributed by atoms with E-state index < -0.39 is 36.6 Å². The Kier molecular flexibility index (Phi) is 4.12. The second-order valence-corrected chi connectivity index (χ2v) is 8.75. The summed E-state index contributed by atoms with van der Waals surface area (Å²) < 4.78 is 38.9. The Morgan fingerprint density at radius 1 is 1.33 bits per heavy atom. The lowest BCUT2D eigenvalue weighted by Gasteiger charge is -2.44. The van der Waals surface area contributed by atoms with E-state index in [-0.39, 0.29) is 17.9 Å². The highest BCUT2D eigenvalue weighted by atomic mass is 79.9. The SMILES string of the molecule is O=C(CN1CC2(CC2)c2cc(Br)ccc2C1=O)N[C@H]1C[C@@](O)(C(F)(F)F)C1. The molecule has 2 N–H and O–H groups in total. The van der Waals surface area contributed by atoms with Crippen LogP contribution in [0.1, 0.15) is 41.6 Å². The molecule has 0 radical (unpaired) electrons. The quantitative estimate of drug-likeness (QED) is 0.749. The van der Waals surface area contributed by atoms with Gasteiger partial charge in [0, 0.05) is 40.9 Å². The smallest absolute Gasteiger partial charge is 0.380 e. The van der Waals surface area contributed by atoms with Crippen LogP contribution < -0.4 is 5.32 Å². The van der Waals surface area contributed by atoms with E-state index >= 15 is 0 Å². The number of alkyl halides is 3. The summed E-state index contributed by atoms with van der Waals surface area (Å²) in [6.07, 6.45) is -3.95. The second kappa shape index (κ2) is 5.94. The minimum Gasteiger partial charge on any atom is -0.380 e. The predicted molar refractivity (Wildman–Crippen MR) is 93.1 cm³/mol. The summed E-state index contributed by atoms with van der Waals surface area (Å²) in [4.78, 5) is 26.4. The number of amides is 2. The van der Waals surface area contributed by atoms with Crippen LogP contribution in [0, 0.1) is 0 Å². The maximum absolute atomic E-state index is 12.7. The van der Waals surface area contributed by atoms with Crippen molar-refractivity contribution in [1.29, 1.82) is 0 Å². The number of nitrogens with zero attached hydrogens (tertiary/aromatic N) is 1. The number of nitrogens with one attached hydrogen (secondary N) is 1.